The normalized spacial score (nSPS) is 13.6. The van der Waals surface area contributed by atoms with Crippen LogP contribution in [0.1, 0.15) is 45.8 Å². The number of carbonyl (C=O) groups excluding carboxylic acids is 2. The minimum absolute atomic E-state index is 0.314. The highest BCUT2D eigenvalue weighted by molar-refractivity contribution is 6.24. The Labute approximate surface area is 106 Å². The number of amides is 2. The molecule has 2 amide bonds. The van der Waals surface area contributed by atoms with Crippen molar-refractivity contribution in [2.24, 2.45) is 0 Å². The van der Waals surface area contributed by atoms with Crippen LogP contribution in [0.2, 0.25) is 0 Å². The fourth-order valence-electron chi connectivity index (χ4n) is 2.26. The monoisotopic (exact) mass is 247 g/mol. The van der Waals surface area contributed by atoms with Crippen LogP contribution in [0, 0.1) is 13.8 Å². The van der Waals surface area contributed by atoms with Crippen LogP contribution in [0.15, 0.2) is 0 Å². The number of aromatic nitrogens is 1. The van der Waals surface area contributed by atoms with Gasteiger partial charge in [0, 0.05) is 18.8 Å². The summed E-state index contributed by atoms with van der Waals surface area (Å²) < 4.78 is 0. The summed E-state index contributed by atoms with van der Waals surface area (Å²) in [5.41, 5.74) is 2.48. The summed E-state index contributed by atoms with van der Waals surface area (Å²) in [6.07, 6.45) is 0. The molecule has 18 heavy (non-hydrogen) atoms. The number of hydrogen-bond acceptors (Lipinski definition) is 4. The van der Waals surface area contributed by atoms with Crippen molar-refractivity contribution in [3.8, 4) is 0 Å². The second kappa shape index (κ2) is 4.40. The SMILES string of the molecule is CCN(CC)c1nc(C)c(C)c2c1C(=O)NC2=O. The third kappa shape index (κ3) is 1.66. The minimum Gasteiger partial charge on any atom is -0.356 e. The maximum Gasteiger partial charge on any atom is 0.262 e. The lowest BCUT2D eigenvalue weighted by molar-refractivity contribution is 0.0879. The molecule has 5 heteroatoms. The molecule has 0 aliphatic carbocycles. The van der Waals surface area contributed by atoms with Gasteiger partial charge in [-0.2, -0.15) is 0 Å². The lowest BCUT2D eigenvalue weighted by Gasteiger charge is -2.22. The van der Waals surface area contributed by atoms with Gasteiger partial charge in [-0.15, -0.1) is 0 Å². The molecule has 0 saturated carbocycles. The first-order valence-corrected chi connectivity index (χ1v) is 6.13. The topological polar surface area (TPSA) is 62.3 Å². The number of rotatable bonds is 3. The molecule has 0 saturated heterocycles. The fraction of sp³-hybridized carbons (Fsp3) is 0.462. The lowest BCUT2D eigenvalue weighted by atomic mass is 10.0. The van der Waals surface area contributed by atoms with E-state index >= 15 is 0 Å². The first kappa shape index (κ1) is 12.5. The van der Waals surface area contributed by atoms with Gasteiger partial charge in [0.2, 0.25) is 0 Å². The van der Waals surface area contributed by atoms with E-state index in [1.165, 1.54) is 0 Å². The second-order valence-corrected chi connectivity index (χ2v) is 4.35. The third-order valence-corrected chi connectivity index (χ3v) is 3.41. The van der Waals surface area contributed by atoms with Gasteiger partial charge in [0.05, 0.1) is 11.1 Å². The number of carbonyl (C=O) groups is 2. The van der Waals surface area contributed by atoms with Gasteiger partial charge in [-0.3, -0.25) is 14.9 Å². The highest BCUT2D eigenvalue weighted by Crippen LogP contribution is 2.29. The molecule has 5 nitrogen and oxygen atoms in total. The molecule has 1 aromatic rings. The molecule has 0 fully saturated rings. The molecule has 0 unspecified atom stereocenters. The van der Waals surface area contributed by atoms with Gasteiger partial charge < -0.3 is 4.90 Å². The van der Waals surface area contributed by atoms with Gasteiger partial charge >= 0.3 is 0 Å². The Morgan fingerprint density at radius 2 is 1.61 bits per heavy atom. The predicted molar refractivity (Wildman–Crippen MR) is 69.1 cm³/mol. The van der Waals surface area contributed by atoms with E-state index in [9.17, 15) is 9.59 Å². The summed E-state index contributed by atoms with van der Waals surface area (Å²) >= 11 is 0. The first-order valence-electron chi connectivity index (χ1n) is 6.13. The number of nitrogens with zero attached hydrogens (tertiary/aromatic N) is 2. The van der Waals surface area contributed by atoms with Gasteiger partial charge in [-0.25, -0.2) is 4.98 Å². The van der Waals surface area contributed by atoms with E-state index in [4.69, 9.17) is 0 Å². The quantitative estimate of drug-likeness (QED) is 0.821. The molecular formula is C13H17N3O2. The standard InChI is InChI=1S/C13H17N3O2/c1-5-16(6-2)11-10-9(7(3)8(4)14-11)12(17)15-13(10)18/h5-6H2,1-4H3,(H,15,17,18). The summed E-state index contributed by atoms with van der Waals surface area (Å²) in [5.74, 6) is -0.0413. The van der Waals surface area contributed by atoms with Gasteiger partial charge in [0.1, 0.15) is 5.82 Å². The summed E-state index contributed by atoms with van der Waals surface area (Å²) in [5, 5.41) is 2.35. The molecule has 1 aromatic heterocycles. The van der Waals surface area contributed by atoms with Crippen LogP contribution in [0.3, 0.4) is 0 Å². The maximum atomic E-state index is 11.9. The van der Waals surface area contributed by atoms with Crippen LogP contribution in [0.4, 0.5) is 5.82 Å². The molecule has 0 bridgehead atoms. The van der Waals surface area contributed by atoms with Gasteiger partial charge in [-0.1, -0.05) is 0 Å². The molecule has 1 aliphatic rings. The van der Waals surface area contributed by atoms with Crippen molar-refractivity contribution in [3.05, 3.63) is 22.4 Å². The number of fused-ring (bicyclic) bond motifs is 1. The number of aryl methyl sites for hydroxylation is 1. The molecule has 96 valence electrons. The number of nitrogens with one attached hydrogen (secondary N) is 1. The zero-order valence-corrected chi connectivity index (χ0v) is 11.1. The minimum atomic E-state index is -0.340. The summed E-state index contributed by atoms with van der Waals surface area (Å²) in [4.78, 5) is 30.2. The van der Waals surface area contributed by atoms with Crippen LogP contribution < -0.4 is 10.2 Å². The van der Waals surface area contributed by atoms with Gasteiger partial charge in [0.25, 0.3) is 11.8 Å². The average molecular weight is 247 g/mol. The van der Waals surface area contributed by atoms with Gasteiger partial charge in [-0.05, 0) is 33.3 Å². The number of imide groups is 1. The Balaban J connectivity index is 2.73. The van der Waals surface area contributed by atoms with Crippen molar-refractivity contribution >= 4 is 17.6 Å². The molecular weight excluding hydrogens is 230 g/mol. The third-order valence-electron chi connectivity index (χ3n) is 3.41. The van der Waals surface area contributed by atoms with Crippen LogP contribution in [-0.2, 0) is 0 Å². The molecule has 0 radical (unpaired) electrons. The Morgan fingerprint density at radius 1 is 1.06 bits per heavy atom. The van der Waals surface area contributed by atoms with Gasteiger partial charge in [0.15, 0.2) is 0 Å². The summed E-state index contributed by atoms with van der Waals surface area (Å²) in [7, 11) is 0. The Bertz CT molecular complexity index is 534. The average Bonchev–Trinajstić information content (AvgIpc) is 2.62. The van der Waals surface area contributed by atoms with Crippen molar-refractivity contribution in [1.82, 2.24) is 10.3 Å². The van der Waals surface area contributed by atoms with E-state index in [-0.39, 0.29) is 11.8 Å². The Kier molecular flexibility index (Phi) is 3.07. The largest absolute Gasteiger partial charge is 0.356 e. The number of pyridine rings is 1. The molecule has 2 rings (SSSR count). The number of hydrogen-bond donors (Lipinski definition) is 1. The maximum absolute atomic E-state index is 11.9. The van der Waals surface area contributed by atoms with E-state index in [1.807, 2.05) is 32.6 Å². The summed E-state index contributed by atoms with van der Waals surface area (Å²) in [6.45, 7) is 9.19. The van der Waals surface area contributed by atoms with Crippen LogP contribution in [-0.4, -0.2) is 29.9 Å². The van der Waals surface area contributed by atoms with E-state index in [0.717, 1.165) is 24.3 Å². The summed E-state index contributed by atoms with van der Waals surface area (Å²) in [6, 6.07) is 0. The lowest BCUT2D eigenvalue weighted by Crippen LogP contribution is -2.26. The van der Waals surface area contributed by atoms with E-state index in [2.05, 4.69) is 10.3 Å². The Hall–Kier alpha value is -1.91. The smallest absolute Gasteiger partial charge is 0.262 e. The van der Waals surface area contributed by atoms with E-state index in [1.54, 1.807) is 0 Å². The van der Waals surface area contributed by atoms with Crippen molar-refractivity contribution in [2.45, 2.75) is 27.7 Å². The molecule has 1 N–H and O–H groups in total. The zero-order valence-electron chi connectivity index (χ0n) is 11.1. The molecule has 1 aliphatic heterocycles. The van der Waals surface area contributed by atoms with Crippen molar-refractivity contribution in [1.29, 1.82) is 0 Å². The first-order chi connectivity index (χ1) is 8.51. The van der Waals surface area contributed by atoms with Crippen LogP contribution in [0.5, 0.6) is 0 Å². The molecule has 0 atom stereocenters. The predicted octanol–water partition coefficient (Wildman–Crippen LogP) is 1.43. The van der Waals surface area contributed by atoms with Crippen molar-refractivity contribution < 1.29 is 9.59 Å². The fourth-order valence-corrected chi connectivity index (χ4v) is 2.26. The second-order valence-electron chi connectivity index (χ2n) is 4.35. The van der Waals surface area contributed by atoms with E-state index < -0.39 is 0 Å². The Morgan fingerprint density at radius 3 is 2.17 bits per heavy atom. The molecule has 2 heterocycles. The molecule has 0 spiro atoms. The number of anilines is 1. The van der Waals surface area contributed by atoms with E-state index in [0.29, 0.717) is 16.9 Å². The highest BCUT2D eigenvalue weighted by Gasteiger charge is 2.34. The zero-order chi connectivity index (χ0) is 13.4. The van der Waals surface area contributed by atoms with Crippen LogP contribution >= 0.6 is 0 Å². The van der Waals surface area contributed by atoms with Crippen LogP contribution in [0.25, 0.3) is 0 Å². The van der Waals surface area contributed by atoms with Crippen molar-refractivity contribution in [3.63, 3.8) is 0 Å². The highest BCUT2D eigenvalue weighted by atomic mass is 16.2. The van der Waals surface area contributed by atoms with Crippen molar-refractivity contribution in [2.75, 3.05) is 18.0 Å². The molecule has 0 aromatic carbocycles.